The number of phenols is 3. The molecule has 19 atom stereocenters. The van der Waals surface area contributed by atoms with E-state index >= 15 is 14.4 Å². The molecule has 38 heteroatoms. The predicted octanol–water partition coefficient (Wildman–Crippen LogP) is 3.16. The van der Waals surface area contributed by atoms with Gasteiger partial charge >= 0.3 is 11.9 Å². The number of benzene rings is 7. The Morgan fingerprint density at radius 1 is 0.678 bits per heavy atom. The first-order valence-corrected chi connectivity index (χ1v) is 39.1. The van der Waals surface area contributed by atoms with E-state index in [0.29, 0.717) is 5.56 Å². The van der Waals surface area contributed by atoms with E-state index in [9.17, 15) is 79.8 Å². The second kappa shape index (κ2) is 37.8. The Hall–Kier alpha value is -11.3. The number of fused-ring (bicyclic) bond motifs is 15. The highest BCUT2D eigenvalue weighted by Crippen LogP contribution is 2.50. The molecular formula is C83H91Cl2N9O27. The molecule has 0 aliphatic carbocycles. The molecule has 7 aromatic carbocycles. The van der Waals surface area contributed by atoms with E-state index < -0.39 is 254 Å². The van der Waals surface area contributed by atoms with Crippen molar-refractivity contribution in [1.29, 1.82) is 0 Å². The molecule has 2 saturated heterocycles. The number of phenolic OH excluding ortho intramolecular Hbond substituents is 3. The third-order valence-corrected chi connectivity index (χ3v) is 22.0. The third kappa shape index (κ3) is 19.8. The van der Waals surface area contributed by atoms with Gasteiger partial charge in [-0.05, 0) is 127 Å². The lowest BCUT2D eigenvalue weighted by Gasteiger charge is -2.48. The molecule has 7 aliphatic rings. The number of carbonyl (C=O) groups is 9. The van der Waals surface area contributed by atoms with Gasteiger partial charge in [-0.25, -0.2) is 9.59 Å². The number of ether oxygens (including phenoxy) is 8. The van der Waals surface area contributed by atoms with Crippen molar-refractivity contribution in [2.75, 3.05) is 27.3 Å². The lowest BCUT2D eigenvalue weighted by Crippen LogP contribution is -2.66. The summed E-state index contributed by atoms with van der Waals surface area (Å²) in [6.07, 6.45) is -20.9. The number of methoxy groups -OCH3 is 1. The highest BCUT2D eigenvalue weighted by molar-refractivity contribution is 6.32. The molecule has 7 aromatic rings. The summed E-state index contributed by atoms with van der Waals surface area (Å²) in [6.45, 7) is 5.35. The highest BCUT2D eigenvalue weighted by atomic mass is 35.5. The normalized spacial score (nSPS) is 26.7. The maximum atomic E-state index is 16.2. The second-order valence-electron chi connectivity index (χ2n) is 30.4. The first-order chi connectivity index (χ1) is 57.5. The number of carboxylic acid groups (broad SMARTS) is 1. The van der Waals surface area contributed by atoms with Crippen molar-refractivity contribution >= 4 is 76.5 Å². The van der Waals surface area contributed by atoms with E-state index in [1.54, 1.807) is 6.92 Å². The van der Waals surface area contributed by atoms with Crippen molar-refractivity contribution in [1.82, 2.24) is 42.5 Å². The fourth-order valence-electron chi connectivity index (χ4n) is 14.9. The van der Waals surface area contributed by atoms with E-state index in [4.69, 9.17) is 66.8 Å². The number of nitrogens with two attached hydrogens (primary N) is 1. The maximum Gasteiger partial charge on any atom is 0.336 e. The number of carboxylic acids is 1. The molecule has 14 rings (SSSR count). The molecule has 7 heterocycles. The maximum absolute atomic E-state index is 16.2. The van der Waals surface area contributed by atoms with Crippen LogP contribution in [-0.2, 0) is 73.4 Å². The molecule has 7 aliphatic heterocycles. The van der Waals surface area contributed by atoms with Crippen LogP contribution in [-0.4, -0.2) is 217 Å². The SMILES string of the molecule is CN[C@H](CC(C)C)C(=O)NC1C(=O)N[C@@H](CC(N)=O)C(=O)N[C@H]2C(=O)NC3C(=O)N[C@H](C(=O)NC(C(=O)O)c4cc(O)cc(O)c4-c4cc3ccc4O)[C@H](O)c3ccc(c(Cl)c3)Oc3cc2cc(c3OC2OC(CO)C(O)C(O)C2OC2CC(C)(NCC(OCc3ccc(-c4ccccc4)cc3)C(=O)OC)C(O)C(C)O2)Oc2ccc(cc2Cl)[C@H]1O. The van der Waals surface area contributed by atoms with E-state index in [2.05, 4.69) is 42.5 Å². The molecule has 0 saturated carbocycles. The van der Waals surface area contributed by atoms with Gasteiger partial charge in [-0.3, -0.25) is 33.6 Å². The van der Waals surface area contributed by atoms with Gasteiger partial charge < -0.3 is 137 Å². The summed E-state index contributed by atoms with van der Waals surface area (Å²) < 4.78 is 50.7. The number of rotatable bonds is 21. The number of hydrogen-bond donors (Lipinski definition) is 19. The fourth-order valence-corrected chi connectivity index (χ4v) is 15.4. The number of nitrogens with one attached hydrogen (secondary N) is 8. The number of aliphatic hydroxyl groups is 6. The number of aliphatic hydroxyl groups excluding tert-OH is 6. The summed E-state index contributed by atoms with van der Waals surface area (Å²) in [6, 6.07) is 16.1. The number of aliphatic carboxylic acids is 1. The van der Waals surface area contributed by atoms with Crippen LogP contribution in [0.15, 0.2) is 133 Å². The summed E-state index contributed by atoms with van der Waals surface area (Å²) in [4.78, 5) is 132. The van der Waals surface area contributed by atoms with Gasteiger partial charge in [0.2, 0.25) is 53.4 Å². The number of primary amides is 1. The molecule has 13 unspecified atom stereocenters. The van der Waals surface area contributed by atoms with Crippen LogP contribution in [0, 0.1) is 5.92 Å². The first kappa shape index (κ1) is 88.9. The minimum absolute atomic E-state index is 0.0530. The molecule has 0 spiro atoms. The van der Waals surface area contributed by atoms with Crippen LogP contribution in [0.1, 0.15) is 111 Å². The van der Waals surface area contributed by atoms with E-state index in [-0.39, 0.29) is 54.4 Å². The Morgan fingerprint density at radius 3 is 1.91 bits per heavy atom. The van der Waals surface area contributed by atoms with Crippen molar-refractivity contribution < 1.29 is 132 Å². The van der Waals surface area contributed by atoms with Gasteiger partial charge in [0.1, 0.15) is 89.5 Å². The zero-order chi connectivity index (χ0) is 87.3. The molecule has 11 bridgehead atoms. The Balaban J connectivity index is 1.01. The molecule has 36 nitrogen and oxygen atoms in total. The molecule has 121 heavy (non-hydrogen) atoms. The van der Waals surface area contributed by atoms with Gasteiger partial charge in [-0.2, -0.15) is 0 Å². The molecular weight excluding hydrogens is 1630 g/mol. The smallest absolute Gasteiger partial charge is 0.336 e. The van der Waals surface area contributed by atoms with Crippen molar-refractivity contribution in [3.05, 3.63) is 177 Å². The Kier molecular flexibility index (Phi) is 27.8. The largest absolute Gasteiger partial charge is 0.508 e. The van der Waals surface area contributed by atoms with E-state index in [1.165, 1.54) is 33.2 Å². The van der Waals surface area contributed by atoms with Gasteiger partial charge in [-0.15, -0.1) is 0 Å². The van der Waals surface area contributed by atoms with Gasteiger partial charge in [0.25, 0.3) is 0 Å². The Bertz CT molecular complexity index is 5070. The quantitative estimate of drug-likeness (QED) is 0.0459. The fraction of sp³-hybridized carbons (Fsp3) is 0.386. The number of aromatic hydroxyl groups is 3. The van der Waals surface area contributed by atoms with Crippen molar-refractivity contribution in [2.45, 2.75) is 169 Å². The summed E-state index contributed by atoms with van der Waals surface area (Å²) >= 11 is 14.3. The zero-order valence-corrected chi connectivity index (χ0v) is 67.2. The van der Waals surface area contributed by atoms with Gasteiger partial charge in [0, 0.05) is 41.3 Å². The standard InChI is InChI=1S/C83H91Cl2N9O27/c1-35(2)22-49(87-5)74(105)93-65-67(100)41-17-20-53(47(84)24-41)117-55-26-43-27-56(71(55)121-82-72(70(103)69(102)58(33-95)119-82)120-60-31-83(4,73(104)36(3)116-60)88-32-57(81(113)114-6)115-34-37-12-14-39(15-13-37)38-10-8-7-9-11-38)118-54-21-18-42(25-48(54)85)68(101)66-79(110)92-64(80(111)112)46-28-44(96)29-52(98)61(46)45-23-40(16-19-51(45)97)62(76(107)94-66)91-77(108)63(43)90-75(106)50(30-59(86)99)89-78(65)109/h7-21,23-29,35-36,49-50,57-58,60,62-70,72-73,82,87-88,95-98,100-104H,22,30-34H2,1-6H3,(H2,86,99)(H,89,109)(H,90,106)(H,91,108)(H,92,110)(H,93,105)(H,94,107)(H,111,112)/t36?,49-,50+,57?,58?,60?,62?,63-,64?,65?,66+,67-,68-,69?,70?,72?,73?,82?,83?/m1/s1. The predicted molar refractivity (Wildman–Crippen MR) is 426 cm³/mol. The number of hydrogen-bond acceptors (Lipinski definition) is 28. The molecule has 7 amide bonds. The third-order valence-electron chi connectivity index (χ3n) is 21.4. The number of carbonyl (C=O) groups excluding carboxylic acids is 8. The number of likely N-dealkylation sites (N-methyl/N-ethyl adjacent to an activating group) is 1. The summed E-state index contributed by atoms with van der Waals surface area (Å²) in [5.74, 6) is -17.2. The molecule has 2 fully saturated rings. The second-order valence-corrected chi connectivity index (χ2v) is 31.2. The minimum Gasteiger partial charge on any atom is -0.508 e. The first-order valence-electron chi connectivity index (χ1n) is 38.3. The highest BCUT2D eigenvalue weighted by Gasteiger charge is 2.53. The summed E-state index contributed by atoms with van der Waals surface area (Å²) in [7, 11) is 2.64. The van der Waals surface area contributed by atoms with Crippen LogP contribution < -0.4 is 62.5 Å². The average molecular weight is 1720 g/mol. The molecule has 644 valence electrons. The topological polar surface area (TPSA) is 552 Å². The van der Waals surface area contributed by atoms with Crippen LogP contribution >= 0.6 is 23.2 Å². The van der Waals surface area contributed by atoms with Crippen LogP contribution in [0.3, 0.4) is 0 Å². The summed E-state index contributed by atoms with van der Waals surface area (Å²) in [5.41, 5.74) is 3.95. The Morgan fingerprint density at radius 2 is 1.30 bits per heavy atom. The lowest BCUT2D eigenvalue weighted by atomic mass is 9.84. The van der Waals surface area contributed by atoms with Gasteiger partial charge in [-0.1, -0.05) is 110 Å². The van der Waals surface area contributed by atoms with Gasteiger partial charge in [0.05, 0.1) is 55.0 Å². The molecule has 0 aromatic heterocycles. The molecule has 0 radical (unpaired) electrons. The van der Waals surface area contributed by atoms with Gasteiger partial charge in [0.15, 0.2) is 36.0 Å². The zero-order valence-electron chi connectivity index (χ0n) is 65.7. The van der Waals surface area contributed by atoms with Crippen molar-refractivity contribution in [3.8, 4) is 68.2 Å². The number of esters is 1. The van der Waals surface area contributed by atoms with Crippen LogP contribution in [0.5, 0.6) is 46.0 Å². The summed E-state index contributed by atoms with van der Waals surface area (Å²) in [5, 5.41) is 137. The van der Waals surface area contributed by atoms with Crippen molar-refractivity contribution in [2.24, 2.45) is 11.7 Å². The van der Waals surface area contributed by atoms with E-state index in [0.717, 1.165) is 77.9 Å². The van der Waals surface area contributed by atoms with Crippen LogP contribution in [0.4, 0.5) is 0 Å². The Labute approximate surface area is 700 Å². The monoisotopic (exact) mass is 1720 g/mol. The van der Waals surface area contributed by atoms with Crippen LogP contribution in [0.25, 0.3) is 22.3 Å². The molecule has 20 N–H and O–H groups in total. The lowest BCUT2D eigenvalue weighted by molar-refractivity contribution is -0.334. The average Bonchev–Trinajstić information content (AvgIpc) is 0.766. The number of amides is 7. The van der Waals surface area contributed by atoms with Crippen LogP contribution in [0.2, 0.25) is 10.0 Å². The van der Waals surface area contributed by atoms with Crippen molar-refractivity contribution in [3.63, 3.8) is 0 Å². The number of halogens is 2. The minimum atomic E-state index is -2.39. The van der Waals surface area contributed by atoms with E-state index in [1.807, 2.05) is 68.4 Å².